The molecule has 0 unspecified atom stereocenters. The molecule has 2 nitrogen and oxygen atoms in total. The third-order valence-electron chi connectivity index (χ3n) is 7.94. The van der Waals surface area contributed by atoms with Gasteiger partial charge in [0.2, 0.25) is 0 Å². The van der Waals surface area contributed by atoms with Crippen LogP contribution in [0.25, 0.3) is 44.5 Å². The van der Waals surface area contributed by atoms with Crippen LogP contribution in [0.15, 0.2) is 170 Å². The van der Waals surface area contributed by atoms with E-state index in [9.17, 15) is 0 Å². The molecule has 7 aromatic rings. The Labute approximate surface area is 279 Å². The van der Waals surface area contributed by atoms with Gasteiger partial charge in [0.15, 0.2) is 0 Å². The Morgan fingerprint density at radius 3 is 1.30 bits per heavy atom. The second-order valence-corrected chi connectivity index (χ2v) is 12.0. The summed E-state index contributed by atoms with van der Waals surface area (Å²) in [5.41, 5.74) is 13.2. The van der Waals surface area contributed by atoms with Gasteiger partial charge in [0.1, 0.15) is 0 Å². The van der Waals surface area contributed by atoms with Gasteiger partial charge in [0, 0.05) is 32.8 Å². The summed E-state index contributed by atoms with van der Waals surface area (Å²) in [6.45, 7) is 0. The molecule has 0 bridgehead atoms. The van der Waals surface area contributed by atoms with Crippen LogP contribution in [0.5, 0.6) is 0 Å². The van der Waals surface area contributed by atoms with Gasteiger partial charge in [-0.2, -0.15) is 0 Å². The van der Waals surface area contributed by atoms with Crippen molar-refractivity contribution in [2.45, 2.75) is 0 Å². The van der Waals surface area contributed by atoms with Gasteiger partial charge in [-0.3, -0.25) is 0 Å². The average Bonchev–Trinajstić information content (AvgIpc) is 3.09. The topological polar surface area (TPSA) is 24.1 Å². The van der Waals surface area contributed by atoms with Crippen LogP contribution >= 0.6 is 23.2 Å². The molecule has 7 rings (SSSR count). The largest absolute Gasteiger partial charge is 0.355 e. The second-order valence-electron chi connectivity index (χ2n) is 11.1. The van der Waals surface area contributed by atoms with Gasteiger partial charge in [0.25, 0.3) is 0 Å². The summed E-state index contributed by atoms with van der Waals surface area (Å²) < 4.78 is 0. The maximum atomic E-state index is 6.27. The Morgan fingerprint density at radius 1 is 0.283 bits per heavy atom. The fourth-order valence-electron chi connectivity index (χ4n) is 5.74. The normalized spacial score (nSPS) is 10.8. The van der Waals surface area contributed by atoms with Crippen molar-refractivity contribution >= 4 is 46.0 Å². The smallest absolute Gasteiger partial charge is 0.0426 e. The molecule has 222 valence electrons. The van der Waals surface area contributed by atoms with E-state index in [-0.39, 0.29) is 0 Å². The summed E-state index contributed by atoms with van der Waals surface area (Å²) in [5, 5.41) is 8.38. The Morgan fingerprint density at radius 2 is 0.739 bits per heavy atom. The number of hydrogen-bond donors (Lipinski definition) is 2. The molecular formula is C42H30Cl2N2. The van der Waals surface area contributed by atoms with Crippen molar-refractivity contribution in [1.82, 2.24) is 0 Å². The molecule has 0 fully saturated rings. The van der Waals surface area contributed by atoms with E-state index in [1.54, 1.807) is 0 Å². The van der Waals surface area contributed by atoms with Crippen LogP contribution in [0.4, 0.5) is 22.7 Å². The van der Waals surface area contributed by atoms with E-state index in [2.05, 4.69) is 132 Å². The summed E-state index contributed by atoms with van der Waals surface area (Å²) in [7, 11) is 0. The van der Waals surface area contributed by atoms with Crippen LogP contribution < -0.4 is 10.6 Å². The van der Waals surface area contributed by atoms with Gasteiger partial charge in [-0.15, -0.1) is 0 Å². The van der Waals surface area contributed by atoms with Crippen molar-refractivity contribution < 1.29 is 0 Å². The third-order valence-corrected chi connectivity index (χ3v) is 8.41. The van der Waals surface area contributed by atoms with Gasteiger partial charge in [0.05, 0.1) is 0 Å². The first-order chi connectivity index (χ1) is 22.6. The standard InChI is InChI=1S/C42H30Cl2N2/c43-33-13-7-15-36(26-33)45-35-20-17-29(18-21-35)32-19-23-39(41(25-32)30-9-3-1-4-10-30)40-24-22-38(46-37-16-8-14-34(44)27-37)28-42(40)31-11-5-2-6-12-31/h1-28,45-46H. The Bertz CT molecular complexity index is 2110. The van der Waals surface area contributed by atoms with Crippen LogP contribution in [0.1, 0.15) is 0 Å². The van der Waals surface area contributed by atoms with E-state index in [4.69, 9.17) is 23.2 Å². The number of halogens is 2. The molecule has 2 N–H and O–H groups in total. The zero-order chi connectivity index (χ0) is 31.3. The van der Waals surface area contributed by atoms with Crippen LogP contribution in [-0.4, -0.2) is 0 Å². The molecule has 0 atom stereocenters. The van der Waals surface area contributed by atoms with Crippen molar-refractivity contribution in [3.63, 3.8) is 0 Å². The number of nitrogens with one attached hydrogen (secondary N) is 2. The molecule has 7 aromatic carbocycles. The molecule has 4 heteroatoms. The lowest BCUT2D eigenvalue weighted by molar-refractivity contribution is 1.51. The number of anilines is 4. The fourth-order valence-corrected chi connectivity index (χ4v) is 6.12. The maximum Gasteiger partial charge on any atom is 0.0426 e. The molecule has 0 aromatic heterocycles. The van der Waals surface area contributed by atoms with E-state index in [1.165, 1.54) is 16.7 Å². The first-order valence-corrected chi connectivity index (χ1v) is 15.9. The van der Waals surface area contributed by atoms with Crippen LogP contribution in [0.3, 0.4) is 0 Å². The number of hydrogen-bond acceptors (Lipinski definition) is 2. The summed E-state index contributed by atoms with van der Waals surface area (Å²) >= 11 is 12.5. The van der Waals surface area contributed by atoms with Gasteiger partial charge in [-0.25, -0.2) is 0 Å². The molecule has 0 spiro atoms. The first kappa shape index (κ1) is 29.4. The molecule has 0 saturated heterocycles. The second kappa shape index (κ2) is 13.4. The van der Waals surface area contributed by atoms with Crippen molar-refractivity contribution in [1.29, 1.82) is 0 Å². The van der Waals surface area contributed by atoms with Crippen molar-refractivity contribution in [2.24, 2.45) is 0 Å². The van der Waals surface area contributed by atoms with E-state index in [1.807, 2.05) is 48.5 Å². The Kier molecular flexibility index (Phi) is 8.56. The van der Waals surface area contributed by atoms with Gasteiger partial charge < -0.3 is 10.6 Å². The van der Waals surface area contributed by atoms with Crippen molar-refractivity contribution in [3.8, 4) is 44.5 Å². The lowest BCUT2D eigenvalue weighted by atomic mass is 9.87. The fraction of sp³-hybridized carbons (Fsp3) is 0. The monoisotopic (exact) mass is 632 g/mol. The predicted molar refractivity (Wildman–Crippen MR) is 198 cm³/mol. The number of benzene rings is 7. The van der Waals surface area contributed by atoms with E-state index >= 15 is 0 Å². The first-order valence-electron chi connectivity index (χ1n) is 15.1. The van der Waals surface area contributed by atoms with Crippen LogP contribution in [0, 0.1) is 0 Å². The molecule has 0 amide bonds. The van der Waals surface area contributed by atoms with Crippen LogP contribution in [0.2, 0.25) is 10.0 Å². The molecule has 0 radical (unpaired) electrons. The molecule has 0 saturated carbocycles. The highest BCUT2D eigenvalue weighted by atomic mass is 35.5. The molecule has 0 heterocycles. The highest BCUT2D eigenvalue weighted by Gasteiger charge is 2.15. The highest BCUT2D eigenvalue weighted by molar-refractivity contribution is 6.31. The summed E-state index contributed by atoms with van der Waals surface area (Å²) in [6, 6.07) is 58.6. The SMILES string of the molecule is Clc1cccc(Nc2ccc(-c3ccc(-c4ccc(Nc5cccc(Cl)c5)cc4-c4ccccc4)c(-c4ccccc4)c3)cc2)c1. The van der Waals surface area contributed by atoms with E-state index < -0.39 is 0 Å². The minimum absolute atomic E-state index is 0.699. The summed E-state index contributed by atoms with van der Waals surface area (Å²) in [5.74, 6) is 0. The van der Waals surface area contributed by atoms with Crippen LogP contribution in [-0.2, 0) is 0 Å². The highest BCUT2D eigenvalue weighted by Crippen LogP contribution is 2.42. The van der Waals surface area contributed by atoms with Crippen molar-refractivity contribution in [3.05, 3.63) is 180 Å². The quantitative estimate of drug-likeness (QED) is 0.174. The van der Waals surface area contributed by atoms with Gasteiger partial charge in [-0.1, -0.05) is 126 Å². The lowest BCUT2D eigenvalue weighted by Crippen LogP contribution is -1.94. The molecular weight excluding hydrogens is 603 g/mol. The zero-order valence-electron chi connectivity index (χ0n) is 24.9. The van der Waals surface area contributed by atoms with E-state index in [0.29, 0.717) is 10.0 Å². The molecule has 46 heavy (non-hydrogen) atoms. The number of rotatable bonds is 8. The summed E-state index contributed by atoms with van der Waals surface area (Å²) in [4.78, 5) is 0. The summed E-state index contributed by atoms with van der Waals surface area (Å²) in [6.07, 6.45) is 0. The van der Waals surface area contributed by atoms with Gasteiger partial charge >= 0.3 is 0 Å². The van der Waals surface area contributed by atoms with Crippen molar-refractivity contribution in [2.75, 3.05) is 10.6 Å². The third kappa shape index (κ3) is 6.69. The average molecular weight is 634 g/mol. The predicted octanol–water partition coefficient (Wildman–Crippen LogP) is 13.1. The molecule has 0 aliphatic carbocycles. The van der Waals surface area contributed by atoms with Gasteiger partial charge in [-0.05, 0) is 111 Å². The zero-order valence-corrected chi connectivity index (χ0v) is 26.4. The molecule has 0 aliphatic heterocycles. The minimum Gasteiger partial charge on any atom is -0.355 e. The lowest BCUT2D eigenvalue weighted by Gasteiger charge is -2.18. The Hall–Kier alpha value is -5.28. The Balaban J connectivity index is 1.30. The van der Waals surface area contributed by atoms with E-state index in [0.717, 1.165) is 50.6 Å². The minimum atomic E-state index is 0.699. The maximum absolute atomic E-state index is 6.27. The molecule has 0 aliphatic rings.